The minimum atomic E-state index is -1.37. The molecule has 2 fully saturated rings. The molecule has 194 valence electrons. The van der Waals surface area contributed by atoms with Gasteiger partial charge in [0, 0.05) is 0 Å². The first kappa shape index (κ1) is 25.5. The standard InChI is InChI=1S/C24H26O12/c1-31-17-9-11(3-5-13(17)25)23(29)33-21-19-15(27)7-8-16(28)20(36-35-19)22(21)34-24(30)12-4-6-14(26)18(10-12)32-2/h3-6,9-10,15-16,19-22,25-28H,7-8H2,1-2H3/t15-,16-,19-,20+,21+,22-/m0/s1. The quantitative estimate of drug-likeness (QED) is 0.325. The molecule has 0 saturated carbocycles. The molecule has 12 heteroatoms. The van der Waals surface area contributed by atoms with Gasteiger partial charge in [0.25, 0.3) is 0 Å². The number of carbonyl (C=O) groups is 2. The van der Waals surface area contributed by atoms with Gasteiger partial charge in [-0.1, -0.05) is 0 Å². The molecule has 6 atom stereocenters. The van der Waals surface area contributed by atoms with E-state index in [1.54, 1.807) is 0 Å². The van der Waals surface area contributed by atoms with Crippen LogP contribution in [0.2, 0.25) is 0 Å². The fourth-order valence-corrected chi connectivity index (χ4v) is 4.11. The molecule has 0 unspecified atom stereocenters. The maximum Gasteiger partial charge on any atom is 0.338 e. The highest BCUT2D eigenvalue weighted by molar-refractivity contribution is 5.91. The van der Waals surface area contributed by atoms with Crippen molar-refractivity contribution < 1.29 is 58.7 Å². The van der Waals surface area contributed by atoms with Gasteiger partial charge < -0.3 is 39.4 Å². The number of methoxy groups -OCH3 is 2. The summed E-state index contributed by atoms with van der Waals surface area (Å²) in [6, 6.07) is 7.60. The molecular formula is C24H26O12. The van der Waals surface area contributed by atoms with E-state index >= 15 is 0 Å². The third kappa shape index (κ3) is 5.02. The molecule has 4 rings (SSSR count). The molecule has 2 aromatic carbocycles. The number of ether oxygens (including phenoxy) is 4. The van der Waals surface area contributed by atoms with Gasteiger partial charge in [-0.25, -0.2) is 19.4 Å². The lowest BCUT2D eigenvalue weighted by molar-refractivity contribution is -0.436. The average Bonchev–Trinajstić information content (AvgIpc) is 2.87. The minimum Gasteiger partial charge on any atom is -0.504 e. The van der Waals surface area contributed by atoms with Gasteiger partial charge in [-0.15, -0.1) is 0 Å². The van der Waals surface area contributed by atoms with Crippen LogP contribution < -0.4 is 9.47 Å². The largest absolute Gasteiger partial charge is 0.504 e. The number of phenolic OH excluding ortho intramolecular Hbond substituents is 2. The molecule has 2 aliphatic heterocycles. The molecule has 12 nitrogen and oxygen atoms in total. The van der Waals surface area contributed by atoms with Crippen LogP contribution in [-0.4, -0.2) is 83.2 Å². The summed E-state index contributed by atoms with van der Waals surface area (Å²) in [5, 5.41) is 40.8. The van der Waals surface area contributed by atoms with Crippen molar-refractivity contribution in [3.63, 3.8) is 0 Å². The molecule has 4 N–H and O–H groups in total. The summed E-state index contributed by atoms with van der Waals surface area (Å²) in [5.74, 6) is -2.09. The zero-order valence-corrected chi connectivity index (χ0v) is 19.4. The van der Waals surface area contributed by atoms with Crippen molar-refractivity contribution in [3.8, 4) is 23.0 Å². The molecule has 2 aliphatic rings. The number of esters is 2. The molecule has 0 spiro atoms. The van der Waals surface area contributed by atoms with E-state index < -0.39 is 48.6 Å². The monoisotopic (exact) mass is 506 g/mol. The van der Waals surface area contributed by atoms with E-state index in [4.69, 9.17) is 28.7 Å². The Kier molecular flexibility index (Phi) is 7.50. The van der Waals surface area contributed by atoms with Crippen LogP contribution in [0.15, 0.2) is 36.4 Å². The first-order valence-electron chi connectivity index (χ1n) is 11.1. The Morgan fingerprint density at radius 2 is 1.14 bits per heavy atom. The Labute approximate surface area is 205 Å². The third-order valence-corrected chi connectivity index (χ3v) is 6.08. The van der Waals surface area contributed by atoms with Crippen LogP contribution in [0.25, 0.3) is 0 Å². The lowest BCUT2D eigenvalue weighted by atomic mass is 9.87. The minimum absolute atomic E-state index is 0.00638. The fourth-order valence-electron chi connectivity index (χ4n) is 4.11. The maximum atomic E-state index is 13.0. The number of aliphatic hydroxyl groups is 2. The predicted molar refractivity (Wildman–Crippen MR) is 119 cm³/mol. The Hall–Kier alpha value is -3.58. The van der Waals surface area contributed by atoms with Crippen LogP contribution in [0.4, 0.5) is 0 Å². The summed E-state index contributed by atoms with van der Waals surface area (Å²) in [6.45, 7) is 0. The van der Waals surface area contributed by atoms with Crippen LogP contribution in [0.3, 0.4) is 0 Å². The summed E-state index contributed by atoms with van der Waals surface area (Å²) >= 11 is 0. The van der Waals surface area contributed by atoms with E-state index in [2.05, 4.69) is 0 Å². The van der Waals surface area contributed by atoms with Crippen molar-refractivity contribution >= 4 is 11.9 Å². The van der Waals surface area contributed by atoms with E-state index in [9.17, 15) is 30.0 Å². The van der Waals surface area contributed by atoms with Crippen LogP contribution in [0, 0.1) is 0 Å². The van der Waals surface area contributed by atoms with Crippen molar-refractivity contribution in [2.45, 2.75) is 49.5 Å². The Balaban J connectivity index is 1.64. The Bertz CT molecular complexity index is 1030. The smallest absolute Gasteiger partial charge is 0.338 e. The zero-order valence-electron chi connectivity index (χ0n) is 19.4. The summed E-state index contributed by atoms with van der Waals surface area (Å²) in [6.07, 6.45) is -7.42. The SMILES string of the molecule is COc1cc(C(=O)O[C@@H]2[C@H](OC(=O)c3ccc(O)c(OC)c3)[C@H]3OO[C@@H]2[C@@H](O)CC[C@@H]3O)ccc1O. The Morgan fingerprint density at radius 1 is 0.750 bits per heavy atom. The molecule has 0 amide bonds. The van der Waals surface area contributed by atoms with Gasteiger partial charge in [0.1, 0.15) is 0 Å². The summed E-state index contributed by atoms with van der Waals surface area (Å²) in [5.41, 5.74) is 0.0128. The van der Waals surface area contributed by atoms with Gasteiger partial charge >= 0.3 is 11.9 Å². The highest BCUT2D eigenvalue weighted by atomic mass is 17.2. The molecule has 0 aromatic heterocycles. The number of benzene rings is 2. The van der Waals surface area contributed by atoms with Gasteiger partial charge in [-0.05, 0) is 49.2 Å². The second kappa shape index (κ2) is 10.6. The number of phenols is 2. The highest BCUT2D eigenvalue weighted by Crippen LogP contribution is 2.35. The first-order chi connectivity index (χ1) is 17.2. The first-order valence-corrected chi connectivity index (χ1v) is 11.1. The molecule has 2 aromatic rings. The molecule has 0 aliphatic carbocycles. The maximum absolute atomic E-state index is 13.0. The molecule has 2 bridgehead atoms. The Morgan fingerprint density at radius 3 is 1.50 bits per heavy atom. The molecule has 2 saturated heterocycles. The second-order valence-corrected chi connectivity index (χ2v) is 8.35. The average molecular weight is 506 g/mol. The van der Waals surface area contributed by atoms with Crippen LogP contribution in [0.5, 0.6) is 23.0 Å². The molecule has 0 radical (unpaired) electrons. The highest BCUT2D eigenvalue weighted by Gasteiger charge is 2.53. The van der Waals surface area contributed by atoms with E-state index in [1.807, 2.05) is 0 Å². The lowest BCUT2D eigenvalue weighted by Crippen LogP contribution is -2.63. The van der Waals surface area contributed by atoms with Gasteiger partial charge in [0.2, 0.25) is 0 Å². The number of hydrogen-bond acceptors (Lipinski definition) is 12. The predicted octanol–water partition coefficient (Wildman–Crippen LogP) is 1.08. The second-order valence-electron chi connectivity index (χ2n) is 8.35. The van der Waals surface area contributed by atoms with Crippen molar-refractivity contribution in [2.24, 2.45) is 0 Å². The van der Waals surface area contributed by atoms with Crippen LogP contribution in [-0.2, 0) is 19.2 Å². The summed E-state index contributed by atoms with van der Waals surface area (Å²) < 4.78 is 21.3. The van der Waals surface area contributed by atoms with Crippen LogP contribution >= 0.6 is 0 Å². The molecular weight excluding hydrogens is 480 g/mol. The zero-order chi connectivity index (χ0) is 26.0. The van der Waals surface area contributed by atoms with Crippen molar-refractivity contribution in [2.75, 3.05) is 14.2 Å². The number of fused-ring (bicyclic) bond motifs is 3. The summed E-state index contributed by atoms with van der Waals surface area (Å²) in [7, 11) is 2.63. The van der Waals surface area contributed by atoms with Crippen molar-refractivity contribution in [1.29, 1.82) is 0 Å². The number of hydrogen-bond donors (Lipinski definition) is 4. The normalized spacial score (nSPS) is 27.4. The van der Waals surface area contributed by atoms with Crippen molar-refractivity contribution in [1.82, 2.24) is 0 Å². The van der Waals surface area contributed by atoms with Gasteiger partial charge in [-0.3, -0.25) is 0 Å². The number of aliphatic hydroxyl groups excluding tert-OH is 2. The van der Waals surface area contributed by atoms with Gasteiger partial charge in [0.15, 0.2) is 47.4 Å². The van der Waals surface area contributed by atoms with Crippen LogP contribution in [0.1, 0.15) is 33.6 Å². The molecule has 2 heterocycles. The molecule has 36 heavy (non-hydrogen) atoms. The van der Waals surface area contributed by atoms with E-state index in [1.165, 1.54) is 50.6 Å². The van der Waals surface area contributed by atoms with Gasteiger partial charge in [-0.2, -0.15) is 0 Å². The lowest BCUT2D eigenvalue weighted by Gasteiger charge is -2.45. The number of carbonyl (C=O) groups excluding carboxylic acids is 2. The fraction of sp³-hybridized carbons (Fsp3) is 0.417. The van der Waals surface area contributed by atoms with Gasteiger partial charge in [0.05, 0.1) is 37.6 Å². The number of aromatic hydroxyl groups is 2. The topological polar surface area (TPSA) is 170 Å². The number of rotatable bonds is 6. The van der Waals surface area contributed by atoms with E-state index in [0.29, 0.717) is 0 Å². The third-order valence-electron chi connectivity index (χ3n) is 6.08. The van der Waals surface area contributed by atoms with E-state index in [-0.39, 0.29) is 47.0 Å². The van der Waals surface area contributed by atoms with Crippen molar-refractivity contribution in [3.05, 3.63) is 47.5 Å². The van der Waals surface area contributed by atoms with E-state index in [0.717, 1.165) is 0 Å². The summed E-state index contributed by atoms with van der Waals surface area (Å²) in [4.78, 5) is 36.5.